The molecule has 0 radical (unpaired) electrons. The van der Waals surface area contributed by atoms with Crippen LogP contribution in [0.3, 0.4) is 0 Å². The molecule has 2 aliphatic heterocycles. The molecule has 2 fully saturated rings. The Morgan fingerprint density at radius 2 is 2.19 bits per heavy atom. The molecule has 2 aromatic heterocycles. The summed E-state index contributed by atoms with van der Waals surface area (Å²) in [6.07, 6.45) is 8.51. The smallest absolute Gasteiger partial charge is 0.194 e. The van der Waals surface area contributed by atoms with E-state index in [0.29, 0.717) is 12.5 Å². The summed E-state index contributed by atoms with van der Waals surface area (Å²) in [5.74, 6) is 2.67. The fourth-order valence-corrected chi connectivity index (χ4v) is 4.45. The van der Waals surface area contributed by atoms with Gasteiger partial charge in [0.05, 0.1) is 25.5 Å². The van der Waals surface area contributed by atoms with E-state index in [1.165, 1.54) is 17.5 Å². The Hall–Kier alpha value is -2.61. The molecular formula is C23H35N7O. The van der Waals surface area contributed by atoms with Crippen molar-refractivity contribution < 1.29 is 4.74 Å². The van der Waals surface area contributed by atoms with E-state index in [2.05, 4.69) is 57.4 Å². The van der Waals surface area contributed by atoms with Crippen molar-refractivity contribution in [3.63, 3.8) is 0 Å². The molecule has 0 bridgehead atoms. The van der Waals surface area contributed by atoms with Crippen LogP contribution in [-0.4, -0.2) is 71.1 Å². The Bertz CT molecular complexity index is 880. The Morgan fingerprint density at radius 1 is 1.29 bits per heavy atom. The van der Waals surface area contributed by atoms with Crippen LogP contribution in [0.25, 0.3) is 0 Å². The van der Waals surface area contributed by atoms with Gasteiger partial charge in [0.25, 0.3) is 0 Å². The van der Waals surface area contributed by atoms with Crippen LogP contribution in [0.1, 0.15) is 31.4 Å². The number of aryl methyl sites for hydroxylation is 1. The third-order valence-corrected chi connectivity index (χ3v) is 5.99. The zero-order chi connectivity index (χ0) is 21.6. The number of ether oxygens (including phenoxy) is 1. The second-order valence-corrected chi connectivity index (χ2v) is 8.65. The summed E-state index contributed by atoms with van der Waals surface area (Å²) < 4.78 is 7.54. The highest BCUT2D eigenvalue weighted by Gasteiger charge is 2.25. The van der Waals surface area contributed by atoms with Gasteiger partial charge in [-0.05, 0) is 55.9 Å². The number of guanidine groups is 1. The molecule has 0 aliphatic carbocycles. The van der Waals surface area contributed by atoms with Gasteiger partial charge < -0.3 is 19.9 Å². The second-order valence-electron chi connectivity index (χ2n) is 8.65. The standard InChI is InChI=1S/C23H35N7O/c1-4-24-23(30-8-6-20(17-30)11-21-14-27-28(3)16-21)26-13-19-5-7-25-22(12-19)29-9-10-31-18(2)15-29/h5,7,12,14,16,18,20H,4,6,8-11,13,15,17H2,1-3H3,(H,24,26). The third kappa shape index (κ3) is 5.76. The molecule has 0 aromatic carbocycles. The van der Waals surface area contributed by atoms with Crippen molar-refractivity contribution in [2.24, 2.45) is 18.0 Å². The van der Waals surface area contributed by atoms with E-state index in [4.69, 9.17) is 9.73 Å². The molecule has 31 heavy (non-hydrogen) atoms. The van der Waals surface area contributed by atoms with Crippen LogP contribution in [0.15, 0.2) is 35.7 Å². The first-order valence-electron chi connectivity index (χ1n) is 11.4. The molecule has 0 amide bonds. The number of likely N-dealkylation sites (tertiary alicyclic amines) is 1. The van der Waals surface area contributed by atoms with Gasteiger partial charge in [-0.2, -0.15) is 5.10 Å². The summed E-state index contributed by atoms with van der Waals surface area (Å²) in [6, 6.07) is 4.23. The van der Waals surface area contributed by atoms with E-state index in [9.17, 15) is 0 Å². The quantitative estimate of drug-likeness (QED) is 0.564. The van der Waals surface area contributed by atoms with Crippen molar-refractivity contribution >= 4 is 11.8 Å². The third-order valence-electron chi connectivity index (χ3n) is 5.99. The first-order chi connectivity index (χ1) is 15.1. The fourth-order valence-electron chi connectivity index (χ4n) is 4.45. The van der Waals surface area contributed by atoms with E-state index in [0.717, 1.165) is 57.5 Å². The fraction of sp³-hybridized carbons (Fsp3) is 0.609. The van der Waals surface area contributed by atoms with E-state index in [1.807, 2.05) is 24.1 Å². The van der Waals surface area contributed by atoms with Crippen molar-refractivity contribution in [1.29, 1.82) is 0 Å². The molecule has 8 nitrogen and oxygen atoms in total. The number of morpholine rings is 1. The van der Waals surface area contributed by atoms with E-state index in [-0.39, 0.29) is 6.10 Å². The molecule has 2 saturated heterocycles. The molecule has 4 heterocycles. The maximum absolute atomic E-state index is 5.66. The second kappa shape index (κ2) is 10.1. The Morgan fingerprint density at radius 3 is 2.97 bits per heavy atom. The minimum Gasteiger partial charge on any atom is -0.375 e. The summed E-state index contributed by atoms with van der Waals surface area (Å²) >= 11 is 0. The van der Waals surface area contributed by atoms with Gasteiger partial charge in [0, 0.05) is 52.2 Å². The number of nitrogens with zero attached hydrogens (tertiary/aromatic N) is 6. The number of hydrogen-bond acceptors (Lipinski definition) is 5. The van der Waals surface area contributed by atoms with Crippen molar-refractivity contribution in [2.75, 3.05) is 44.2 Å². The lowest BCUT2D eigenvalue weighted by Crippen LogP contribution is -2.41. The Balaban J connectivity index is 1.38. The first kappa shape index (κ1) is 21.6. The number of anilines is 1. The van der Waals surface area contributed by atoms with Gasteiger partial charge in [-0.25, -0.2) is 9.98 Å². The van der Waals surface area contributed by atoms with Gasteiger partial charge in [-0.15, -0.1) is 0 Å². The highest BCUT2D eigenvalue weighted by atomic mass is 16.5. The van der Waals surface area contributed by atoms with Gasteiger partial charge in [0.1, 0.15) is 5.82 Å². The molecule has 2 atom stereocenters. The number of rotatable bonds is 6. The Kier molecular flexibility index (Phi) is 7.06. The zero-order valence-corrected chi connectivity index (χ0v) is 19.0. The van der Waals surface area contributed by atoms with Crippen LogP contribution < -0.4 is 10.2 Å². The van der Waals surface area contributed by atoms with Crippen LogP contribution >= 0.6 is 0 Å². The number of pyridine rings is 1. The van der Waals surface area contributed by atoms with E-state index < -0.39 is 0 Å². The van der Waals surface area contributed by atoms with Gasteiger partial charge in [-0.3, -0.25) is 4.68 Å². The van der Waals surface area contributed by atoms with Crippen LogP contribution in [0.4, 0.5) is 5.82 Å². The highest BCUT2D eigenvalue weighted by molar-refractivity contribution is 5.80. The molecule has 0 spiro atoms. The summed E-state index contributed by atoms with van der Waals surface area (Å²) in [7, 11) is 1.98. The largest absolute Gasteiger partial charge is 0.375 e. The predicted molar refractivity (Wildman–Crippen MR) is 123 cm³/mol. The molecule has 2 aromatic rings. The predicted octanol–water partition coefficient (Wildman–Crippen LogP) is 2.07. The normalized spacial score (nSPS) is 22.2. The molecule has 1 N–H and O–H groups in total. The number of aromatic nitrogens is 3. The van der Waals surface area contributed by atoms with Gasteiger partial charge in [0.15, 0.2) is 5.96 Å². The zero-order valence-electron chi connectivity index (χ0n) is 19.0. The monoisotopic (exact) mass is 425 g/mol. The number of nitrogens with one attached hydrogen (secondary N) is 1. The minimum absolute atomic E-state index is 0.243. The van der Waals surface area contributed by atoms with E-state index >= 15 is 0 Å². The summed E-state index contributed by atoms with van der Waals surface area (Å²) in [5.41, 5.74) is 2.50. The van der Waals surface area contributed by atoms with Crippen LogP contribution in [0, 0.1) is 5.92 Å². The van der Waals surface area contributed by atoms with E-state index in [1.54, 1.807) is 0 Å². The lowest BCUT2D eigenvalue weighted by Gasteiger charge is -2.32. The molecule has 168 valence electrons. The topological polar surface area (TPSA) is 70.8 Å². The molecule has 0 saturated carbocycles. The van der Waals surface area contributed by atoms with Gasteiger partial charge >= 0.3 is 0 Å². The average Bonchev–Trinajstić information content (AvgIpc) is 3.40. The lowest BCUT2D eigenvalue weighted by atomic mass is 10.0. The highest BCUT2D eigenvalue weighted by Crippen LogP contribution is 2.21. The first-order valence-corrected chi connectivity index (χ1v) is 11.4. The van der Waals surface area contributed by atoms with Crippen LogP contribution in [-0.2, 0) is 24.8 Å². The van der Waals surface area contributed by atoms with Crippen molar-refractivity contribution in [3.05, 3.63) is 41.9 Å². The summed E-state index contributed by atoms with van der Waals surface area (Å²) in [5, 5.41) is 7.79. The van der Waals surface area contributed by atoms with Crippen LogP contribution in [0.5, 0.6) is 0 Å². The molecular weight excluding hydrogens is 390 g/mol. The number of hydrogen-bond donors (Lipinski definition) is 1. The molecule has 8 heteroatoms. The van der Waals surface area contributed by atoms with Gasteiger partial charge in [0.2, 0.25) is 0 Å². The SMILES string of the molecule is CCNC(=NCc1ccnc(N2CCOC(C)C2)c1)N1CCC(Cc2cnn(C)c2)C1. The molecule has 2 aliphatic rings. The molecule has 2 unspecified atom stereocenters. The maximum atomic E-state index is 5.66. The van der Waals surface area contributed by atoms with Crippen molar-refractivity contribution in [2.45, 2.75) is 39.3 Å². The molecule has 4 rings (SSSR count). The minimum atomic E-state index is 0.243. The lowest BCUT2D eigenvalue weighted by molar-refractivity contribution is 0.0529. The maximum Gasteiger partial charge on any atom is 0.194 e. The Labute approximate surface area is 185 Å². The average molecular weight is 426 g/mol. The van der Waals surface area contributed by atoms with Crippen LogP contribution in [0.2, 0.25) is 0 Å². The summed E-state index contributed by atoms with van der Waals surface area (Å²) in [4.78, 5) is 14.2. The van der Waals surface area contributed by atoms with Crippen molar-refractivity contribution in [3.8, 4) is 0 Å². The number of aliphatic imine (C=N–C) groups is 1. The van der Waals surface area contributed by atoms with Crippen molar-refractivity contribution in [1.82, 2.24) is 25.0 Å². The summed E-state index contributed by atoms with van der Waals surface area (Å²) in [6.45, 7) is 10.4. The van der Waals surface area contributed by atoms with Gasteiger partial charge in [-0.1, -0.05) is 0 Å².